The summed E-state index contributed by atoms with van der Waals surface area (Å²) >= 11 is 0. The van der Waals surface area contributed by atoms with Crippen LogP contribution in [0.15, 0.2) is 99.1 Å². The number of unbranched alkanes of at least 4 members (excludes halogenated alkanes) is 3. The summed E-state index contributed by atoms with van der Waals surface area (Å²) in [6, 6.07) is 19.4. The first-order valence-electron chi connectivity index (χ1n) is 26.3. The molecule has 0 aliphatic rings. The molecule has 6 heterocycles. The number of furan rings is 1. The lowest BCUT2D eigenvalue weighted by Crippen LogP contribution is -2.24. The van der Waals surface area contributed by atoms with Gasteiger partial charge in [0.15, 0.2) is 0 Å². The molecular formula is C58H70N7O10P. The number of aromatic nitrogens is 4. The predicted octanol–water partition coefficient (Wildman–Crippen LogP) is 10.8. The molecular weight excluding hydrogens is 986 g/mol. The molecule has 0 unspecified atom stereocenters. The molecule has 0 atom stereocenters. The van der Waals surface area contributed by atoms with E-state index in [0.717, 1.165) is 105 Å². The summed E-state index contributed by atoms with van der Waals surface area (Å²) < 4.78 is 42.6. The quantitative estimate of drug-likeness (QED) is 0.0216. The van der Waals surface area contributed by atoms with Crippen LogP contribution in [0, 0.1) is 34.6 Å². The Balaban J connectivity index is 0.819. The molecule has 0 spiro atoms. The maximum atomic E-state index is 13.9. The number of hydrogen-bond acceptors (Lipinski definition) is 14. The van der Waals surface area contributed by atoms with Crippen molar-refractivity contribution < 1.29 is 41.4 Å². The lowest BCUT2D eigenvalue weighted by molar-refractivity contribution is -0.122. The highest BCUT2D eigenvalue weighted by atomic mass is 31.2. The van der Waals surface area contributed by atoms with E-state index in [-0.39, 0.29) is 76.2 Å². The molecule has 0 saturated heterocycles. The van der Waals surface area contributed by atoms with Crippen molar-refractivity contribution in [3.8, 4) is 22.8 Å². The molecule has 7 rings (SSSR count). The number of aryl methyl sites for hydroxylation is 7. The van der Waals surface area contributed by atoms with E-state index in [1.165, 1.54) is 6.07 Å². The number of fused-ring (bicyclic) bond motifs is 2. The van der Waals surface area contributed by atoms with Gasteiger partial charge in [-0.1, -0.05) is 0 Å². The summed E-state index contributed by atoms with van der Waals surface area (Å²) in [7, 11) is -4.09. The summed E-state index contributed by atoms with van der Waals surface area (Å²) in [5, 5.41) is 10.5. The number of nitrogens with one attached hydrogen (secondary N) is 3. The second kappa shape index (κ2) is 28.3. The van der Waals surface area contributed by atoms with Crippen LogP contribution < -0.4 is 21.6 Å². The lowest BCUT2D eigenvalue weighted by Gasteiger charge is -2.18. The molecule has 76 heavy (non-hydrogen) atoms. The zero-order valence-corrected chi connectivity index (χ0v) is 45.2. The fraction of sp³-hybridized carbons (Fsp3) is 0.414. The summed E-state index contributed by atoms with van der Waals surface area (Å²) in [5.41, 5.74) is 10.9. The highest BCUT2D eigenvalue weighted by Crippen LogP contribution is 2.50. The maximum Gasteiger partial charge on any atom is 0.474 e. The number of phosphoric acid groups is 1. The molecule has 7 aromatic rings. The Morgan fingerprint density at radius 2 is 1.00 bits per heavy atom. The smallest absolute Gasteiger partial charge is 0.461 e. The number of pyridine rings is 4. The van der Waals surface area contributed by atoms with Gasteiger partial charge in [-0.25, -0.2) is 9.36 Å². The fourth-order valence-corrected chi connectivity index (χ4v) is 10.1. The molecule has 17 nitrogen and oxygen atoms in total. The standard InChI is InChI=1S/C58H70N7O10P/c1-39-19-25-59-49(32-39)51-35-44(21-27-61-51)14-6-9-23-63-53(66)17-12-30-72-76(70,73-31-13-18-54(67)64-24-10-7-15-45-22-28-62-52(36-45)50-33-40(2)20-26-60-50)71-29-11-8-16-55(68)65-38-48-43(5)74-58-42(4)57-46(37-47(48)58)41(3)34-56(69)75-57/h19-22,25-28,32-37H,6-18,23-24,29-31,38H2,1-5H3,(H,63,66)(H,64,67)(H,65,68). The molecule has 1 aromatic carbocycles. The minimum Gasteiger partial charge on any atom is -0.461 e. The number of carbonyl (C=O) groups is 3. The van der Waals surface area contributed by atoms with Gasteiger partial charge in [-0.15, -0.1) is 0 Å². The van der Waals surface area contributed by atoms with Crippen molar-refractivity contribution in [2.75, 3.05) is 32.9 Å². The molecule has 0 radical (unpaired) electrons. The SMILES string of the molecule is Cc1ccnc(-c2cc(CCCCNC(=O)CCCOP(=O)(OCCCCC(=O)NCc3c(C)oc4c(C)c5oc(=O)cc(C)c5cc34)OCCCC(=O)NCCCCc3ccnc(-c4cc(C)ccn4)c3)ccn2)c1. The first kappa shape index (κ1) is 56.8. The summed E-state index contributed by atoms with van der Waals surface area (Å²) in [5.74, 6) is 0.178. The number of hydrogen-bond donors (Lipinski definition) is 3. The third-order valence-electron chi connectivity index (χ3n) is 13.0. The van der Waals surface area contributed by atoms with E-state index in [2.05, 4.69) is 48.0 Å². The zero-order chi connectivity index (χ0) is 53.9. The number of rotatable bonds is 30. The topological polar surface area (TPSA) is 227 Å². The van der Waals surface area contributed by atoms with Crippen LogP contribution >= 0.6 is 7.82 Å². The highest BCUT2D eigenvalue weighted by molar-refractivity contribution is 7.48. The summed E-state index contributed by atoms with van der Waals surface area (Å²) in [6.07, 6.45) is 14.1. The van der Waals surface area contributed by atoms with Gasteiger partial charge in [0, 0.05) is 91.6 Å². The Morgan fingerprint density at radius 3 is 1.54 bits per heavy atom. The number of carbonyl (C=O) groups excluding carboxylic acids is 3. The molecule has 3 N–H and O–H groups in total. The van der Waals surface area contributed by atoms with E-state index in [1.54, 1.807) is 24.8 Å². The van der Waals surface area contributed by atoms with Gasteiger partial charge in [0.2, 0.25) is 17.7 Å². The van der Waals surface area contributed by atoms with Crippen LogP contribution in [0.1, 0.15) is 115 Å². The van der Waals surface area contributed by atoms with Gasteiger partial charge < -0.3 is 24.8 Å². The first-order valence-corrected chi connectivity index (χ1v) is 27.8. The third kappa shape index (κ3) is 17.1. The van der Waals surface area contributed by atoms with Crippen molar-refractivity contribution in [2.24, 2.45) is 0 Å². The molecule has 18 heteroatoms. The number of amides is 3. The van der Waals surface area contributed by atoms with Gasteiger partial charge in [-0.05, 0) is 181 Å². The highest BCUT2D eigenvalue weighted by Gasteiger charge is 2.27. The normalized spacial score (nSPS) is 11.6. The Hall–Kier alpha value is -6.91. The maximum absolute atomic E-state index is 13.9. The zero-order valence-electron chi connectivity index (χ0n) is 44.3. The van der Waals surface area contributed by atoms with Crippen LogP contribution in [-0.2, 0) is 51.9 Å². The van der Waals surface area contributed by atoms with Crippen LogP contribution in [0.3, 0.4) is 0 Å². The van der Waals surface area contributed by atoms with Gasteiger partial charge >= 0.3 is 13.4 Å². The monoisotopic (exact) mass is 1060 g/mol. The van der Waals surface area contributed by atoms with Crippen molar-refractivity contribution in [3.63, 3.8) is 0 Å². The van der Waals surface area contributed by atoms with E-state index < -0.39 is 13.4 Å². The molecule has 0 bridgehead atoms. The van der Waals surface area contributed by atoms with Crippen LogP contribution in [0.2, 0.25) is 0 Å². The summed E-state index contributed by atoms with van der Waals surface area (Å²) in [6.45, 7) is 10.7. The van der Waals surface area contributed by atoms with Gasteiger partial charge in [0.05, 0.1) is 42.6 Å². The summed E-state index contributed by atoms with van der Waals surface area (Å²) in [4.78, 5) is 68.4. The largest absolute Gasteiger partial charge is 0.474 e. The Bertz CT molecular complexity index is 3090. The molecule has 402 valence electrons. The van der Waals surface area contributed by atoms with Crippen molar-refractivity contribution in [1.29, 1.82) is 0 Å². The average molecular weight is 1060 g/mol. The Labute approximate surface area is 444 Å². The van der Waals surface area contributed by atoms with Crippen molar-refractivity contribution >= 4 is 47.5 Å². The predicted molar refractivity (Wildman–Crippen MR) is 292 cm³/mol. The van der Waals surface area contributed by atoms with Crippen LogP contribution in [0.5, 0.6) is 0 Å². The van der Waals surface area contributed by atoms with Crippen LogP contribution in [0.25, 0.3) is 44.7 Å². The molecule has 6 aromatic heterocycles. The number of nitrogens with zero attached hydrogens (tertiary/aromatic N) is 4. The first-order chi connectivity index (χ1) is 36.7. The van der Waals surface area contributed by atoms with E-state index in [0.29, 0.717) is 48.4 Å². The minimum atomic E-state index is -4.09. The Kier molecular flexibility index (Phi) is 21.1. The molecule has 0 aliphatic heterocycles. The van der Waals surface area contributed by atoms with Gasteiger partial charge in [0.1, 0.15) is 16.9 Å². The average Bonchev–Trinajstić information content (AvgIpc) is 3.73. The van der Waals surface area contributed by atoms with Gasteiger partial charge in [-0.3, -0.25) is 47.9 Å². The van der Waals surface area contributed by atoms with Crippen molar-refractivity contribution in [3.05, 3.63) is 141 Å². The fourth-order valence-electron chi connectivity index (χ4n) is 8.77. The van der Waals surface area contributed by atoms with Crippen molar-refractivity contribution in [1.82, 2.24) is 35.9 Å². The van der Waals surface area contributed by atoms with E-state index in [4.69, 9.17) is 22.4 Å². The number of phosphoric ester groups is 1. The van der Waals surface area contributed by atoms with Crippen LogP contribution in [0.4, 0.5) is 0 Å². The van der Waals surface area contributed by atoms with E-state index >= 15 is 0 Å². The molecule has 0 saturated carbocycles. The molecule has 3 amide bonds. The molecule has 0 fully saturated rings. The van der Waals surface area contributed by atoms with E-state index in [1.807, 2.05) is 77.1 Å². The van der Waals surface area contributed by atoms with Gasteiger partial charge in [0.25, 0.3) is 0 Å². The second-order valence-corrected chi connectivity index (χ2v) is 20.8. The second-order valence-electron chi connectivity index (χ2n) is 19.2. The van der Waals surface area contributed by atoms with Crippen molar-refractivity contribution in [2.45, 2.75) is 125 Å². The van der Waals surface area contributed by atoms with Gasteiger partial charge in [-0.2, -0.15) is 0 Å². The molecule has 0 aliphatic carbocycles. The van der Waals surface area contributed by atoms with Crippen LogP contribution in [-0.4, -0.2) is 70.6 Å². The minimum absolute atomic E-state index is 0.00786. The lowest BCUT2D eigenvalue weighted by atomic mass is 10.0. The van der Waals surface area contributed by atoms with E-state index in [9.17, 15) is 23.7 Å². The Morgan fingerprint density at radius 1 is 0.526 bits per heavy atom. The number of benzene rings is 1. The third-order valence-corrected chi connectivity index (χ3v) is 14.5.